The zero-order valence-corrected chi connectivity index (χ0v) is 9.17. The van der Waals surface area contributed by atoms with Crippen LogP contribution in [0.1, 0.15) is 26.7 Å². The number of furan rings is 1. The van der Waals surface area contributed by atoms with Crippen molar-refractivity contribution in [3.05, 3.63) is 53.5 Å². The van der Waals surface area contributed by atoms with E-state index in [-0.39, 0.29) is 17.3 Å². The number of ketones is 1. The summed E-state index contributed by atoms with van der Waals surface area (Å²) >= 11 is 0. The minimum Gasteiger partial charge on any atom is -0.497 e. The molecule has 0 radical (unpaired) electrons. The average molecular weight is 230 g/mol. The van der Waals surface area contributed by atoms with Gasteiger partial charge in [0, 0.05) is 5.56 Å². The second-order valence-corrected chi connectivity index (χ2v) is 3.38. The van der Waals surface area contributed by atoms with Gasteiger partial charge in [0.05, 0.1) is 7.11 Å². The number of hydrogen-bond acceptors (Lipinski definition) is 4. The van der Waals surface area contributed by atoms with Crippen LogP contribution >= 0.6 is 0 Å². The van der Waals surface area contributed by atoms with Crippen molar-refractivity contribution in [2.45, 2.75) is 0 Å². The zero-order chi connectivity index (χ0) is 12.3. The lowest BCUT2D eigenvalue weighted by atomic mass is 10.1. The first kappa shape index (κ1) is 11.1. The Hall–Kier alpha value is -2.36. The Morgan fingerprint density at radius 1 is 1.18 bits per heavy atom. The molecule has 0 saturated heterocycles. The first-order valence-corrected chi connectivity index (χ1v) is 4.98. The molecule has 0 aliphatic carbocycles. The molecule has 4 heteroatoms. The Labute approximate surface area is 97.8 Å². The first-order chi connectivity index (χ1) is 8.24. The Morgan fingerprint density at radius 3 is 2.41 bits per heavy atom. The topological polar surface area (TPSA) is 56.5 Å². The van der Waals surface area contributed by atoms with E-state index in [1.54, 1.807) is 31.4 Å². The van der Waals surface area contributed by atoms with Gasteiger partial charge in [0.1, 0.15) is 5.75 Å². The minimum absolute atomic E-state index is 0.141. The van der Waals surface area contributed by atoms with Crippen LogP contribution in [0.25, 0.3) is 0 Å². The summed E-state index contributed by atoms with van der Waals surface area (Å²) in [6, 6.07) is 9.61. The highest BCUT2D eigenvalue weighted by Gasteiger charge is 2.13. The van der Waals surface area contributed by atoms with E-state index in [9.17, 15) is 9.59 Å². The molecule has 2 rings (SSSR count). The van der Waals surface area contributed by atoms with Crippen molar-refractivity contribution in [3.8, 4) is 5.75 Å². The van der Waals surface area contributed by atoms with E-state index in [4.69, 9.17) is 9.15 Å². The van der Waals surface area contributed by atoms with Gasteiger partial charge >= 0.3 is 0 Å². The maximum atomic E-state index is 11.9. The molecule has 0 spiro atoms. The van der Waals surface area contributed by atoms with E-state index >= 15 is 0 Å². The van der Waals surface area contributed by atoms with Crippen molar-refractivity contribution in [2.24, 2.45) is 0 Å². The van der Waals surface area contributed by atoms with Crippen molar-refractivity contribution in [3.63, 3.8) is 0 Å². The highest BCUT2D eigenvalue weighted by Crippen LogP contribution is 2.16. The molecule has 1 aromatic heterocycles. The van der Waals surface area contributed by atoms with Crippen molar-refractivity contribution >= 4 is 12.1 Å². The lowest BCUT2D eigenvalue weighted by molar-refractivity contribution is 0.100. The summed E-state index contributed by atoms with van der Waals surface area (Å²) < 4.78 is 10.1. The lowest BCUT2D eigenvalue weighted by Gasteiger charge is -2.00. The number of carbonyl (C=O) groups excluding carboxylic acids is 2. The summed E-state index contributed by atoms with van der Waals surface area (Å²) in [7, 11) is 1.56. The van der Waals surface area contributed by atoms with Crippen LogP contribution in [0.15, 0.2) is 40.8 Å². The van der Waals surface area contributed by atoms with E-state index in [1.165, 1.54) is 12.1 Å². The fourth-order valence-corrected chi connectivity index (χ4v) is 1.42. The molecule has 86 valence electrons. The van der Waals surface area contributed by atoms with Crippen molar-refractivity contribution in [1.29, 1.82) is 0 Å². The van der Waals surface area contributed by atoms with Crippen molar-refractivity contribution in [2.75, 3.05) is 7.11 Å². The van der Waals surface area contributed by atoms with Crippen LogP contribution in [0, 0.1) is 0 Å². The molecule has 0 fully saturated rings. The number of carbonyl (C=O) groups is 2. The third-order valence-electron chi connectivity index (χ3n) is 2.32. The monoisotopic (exact) mass is 230 g/mol. The summed E-state index contributed by atoms with van der Waals surface area (Å²) in [6.45, 7) is 0. The number of hydrogen-bond donors (Lipinski definition) is 0. The van der Waals surface area contributed by atoms with Gasteiger partial charge in [0.25, 0.3) is 0 Å². The van der Waals surface area contributed by atoms with Crippen LogP contribution in [-0.2, 0) is 0 Å². The van der Waals surface area contributed by atoms with Crippen LogP contribution in [0.3, 0.4) is 0 Å². The van der Waals surface area contributed by atoms with Gasteiger partial charge in [0.15, 0.2) is 17.8 Å². The number of aldehydes is 1. The first-order valence-electron chi connectivity index (χ1n) is 4.98. The molecule has 1 aromatic carbocycles. The standard InChI is InChI=1S/C13H10O4/c1-16-10-4-2-9(3-5-10)13(15)12-7-6-11(8-14)17-12/h2-8H,1H3. The SMILES string of the molecule is COc1ccc(C(=O)c2ccc(C=O)o2)cc1. The highest BCUT2D eigenvalue weighted by molar-refractivity contribution is 6.07. The molecule has 0 bridgehead atoms. The second kappa shape index (κ2) is 4.65. The third-order valence-corrected chi connectivity index (χ3v) is 2.32. The fourth-order valence-electron chi connectivity index (χ4n) is 1.42. The van der Waals surface area contributed by atoms with Gasteiger partial charge in [-0.25, -0.2) is 0 Å². The molecule has 4 nitrogen and oxygen atoms in total. The van der Waals surface area contributed by atoms with Crippen LogP contribution in [0.4, 0.5) is 0 Å². The molecule has 0 N–H and O–H groups in total. The number of rotatable bonds is 4. The predicted octanol–water partition coefficient (Wildman–Crippen LogP) is 2.33. The van der Waals surface area contributed by atoms with E-state index in [2.05, 4.69) is 0 Å². The molecule has 1 heterocycles. The van der Waals surface area contributed by atoms with Crippen LogP contribution in [0.2, 0.25) is 0 Å². The van der Waals surface area contributed by atoms with Gasteiger partial charge in [-0.1, -0.05) is 0 Å². The van der Waals surface area contributed by atoms with Gasteiger partial charge in [-0.3, -0.25) is 9.59 Å². The van der Waals surface area contributed by atoms with Gasteiger partial charge in [0.2, 0.25) is 5.78 Å². The van der Waals surface area contributed by atoms with Crippen LogP contribution < -0.4 is 4.74 Å². The second-order valence-electron chi connectivity index (χ2n) is 3.38. The lowest BCUT2D eigenvalue weighted by Crippen LogP contribution is -1.99. The van der Waals surface area contributed by atoms with Crippen molar-refractivity contribution < 1.29 is 18.7 Å². The third kappa shape index (κ3) is 2.25. The van der Waals surface area contributed by atoms with Gasteiger partial charge in [-0.15, -0.1) is 0 Å². The van der Waals surface area contributed by atoms with E-state index in [0.717, 1.165) is 0 Å². The van der Waals surface area contributed by atoms with Crippen molar-refractivity contribution in [1.82, 2.24) is 0 Å². The summed E-state index contributed by atoms with van der Waals surface area (Å²) in [6.07, 6.45) is 0.560. The van der Waals surface area contributed by atoms with E-state index in [1.807, 2.05) is 0 Å². The summed E-state index contributed by atoms with van der Waals surface area (Å²) in [5.74, 6) is 0.703. The maximum absolute atomic E-state index is 11.9. The molecule has 17 heavy (non-hydrogen) atoms. The Bertz CT molecular complexity index is 537. The van der Waals surface area contributed by atoms with Gasteiger partial charge < -0.3 is 9.15 Å². The zero-order valence-electron chi connectivity index (χ0n) is 9.17. The molecule has 0 amide bonds. The largest absolute Gasteiger partial charge is 0.497 e. The Kier molecular flexibility index (Phi) is 3.05. The molecule has 0 unspecified atom stereocenters. The predicted molar refractivity (Wildman–Crippen MR) is 60.5 cm³/mol. The molecule has 2 aromatic rings. The normalized spacial score (nSPS) is 9.94. The summed E-state index contributed by atoms with van der Waals surface area (Å²) in [4.78, 5) is 22.4. The quantitative estimate of drug-likeness (QED) is 0.597. The van der Waals surface area contributed by atoms with Crippen LogP contribution in [0.5, 0.6) is 5.75 Å². The average Bonchev–Trinajstić information content (AvgIpc) is 2.87. The van der Waals surface area contributed by atoms with Crippen LogP contribution in [-0.4, -0.2) is 19.2 Å². The maximum Gasteiger partial charge on any atom is 0.228 e. The molecule has 0 aliphatic heterocycles. The highest BCUT2D eigenvalue weighted by atomic mass is 16.5. The van der Waals surface area contributed by atoms with E-state index in [0.29, 0.717) is 17.6 Å². The van der Waals surface area contributed by atoms with Gasteiger partial charge in [-0.05, 0) is 36.4 Å². The molecule has 0 aliphatic rings. The molecular formula is C13H10O4. The molecule has 0 saturated carbocycles. The van der Waals surface area contributed by atoms with Gasteiger partial charge in [-0.2, -0.15) is 0 Å². The summed E-state index contributed by atoms with van der Waals surface area (Å²) in [5, 5.41) is 0. The van der Waals surface area contributed by atoms with E-state index < -0.39 is 0 Å². The smallest absolute Gasteiger partial charge is 0.228 e. The summed E-state index contributed by atoms with van der Waals surface area (Å²) in [5.41, 5.74) is 0.484. The molecule has 0 atom stereocenters. The number of benzene rings is 1. The fraction of sp³-hybridized carbons (Fsp3) is 0.0769. The minimum atomic E-state index is -0.263. The number of methoxy groups -OCH3 is 1. The number of ether oxygens (including phenoxy) is 1. The Morgan fingerprint density at radius 2 is 1.88 bits per heavy atom. The Balaban J connectivity index is 2.26. The molecular weight excluding hydrogens is 220 g/mol.